The number of nitrogens with zero attached hydrogens (tertiary/aromatic N) is 1. The lowest BCUT2D eigenvalue weighted by Gasteiger charge is -2.29. The Morgan fingerprint density at radius 2 is 2.05 bits per heavy atom. The second-order valence-corrected chi connectivity index (χ2v) is 6.67. The molecule has 0 radical (unpaired) electrons. The van der Waals surface area contributed by atoms with Crippen LogP contribution in [0.25, 0.3) is 0 Å². The maximum absolute atomic E-state index is 12.4. The minimum atomic E-state index is 0.183. The van der Waals surface area contributed by atoms with Crippen LogP contribution in [0.4, 0.5) is 0 Å². The normalized spacial score (nSPS) is 22.6. The fourth-order valence-corrected chi connectivity index (χ4v) is 3.22. The molecule has 0 aromatic heterocycles. The molecule has 1 aliphatic carbocycles. The van der Waals surface area contributed by atoms with E-state index in [0.29, 0.717) is 6.04 Å². The van der Waals surface area contributed by atoms with Crippen molar-refractivity contribution in [1.82, 2.24) is 4.90 Å². The van der Waals surface area contributed by atoms with Crippen LogP contribution in [-0.2, 0) is 11.2 Å². The van der Waals surface area contributed by atoms with Crippen molar-refractivity contribution in [1.29, 1.82) is 0 Å². The molecule has 1 aromatic carbocycles. The molecule has 0 bridgehead atoms. The summed E-state index contributed by atoms with van der Waals surface area (Å²) >= 11 is 3.47. The third-order valence-electron chi connectivity index (χ3n) is 4.12. The standard InChI is InChI=1S/C16H23BrN2O/c1-19(10-9-12-3-2-4-14(17)11-12)16(20)13-5-7-15(18)8-6-13/h2-4,11,13,15H,5-10,18H2,1H3. The van der Waals surface area contributed by atoms with E-state index in [1.165, 1.54) is 5.56 Å². The third-order valence-corrected chi connectivity index (χ3v) is 4.62. The Morgan fingerprint density at radius 1 is 1.35 bits per heavy atom. The van der Waals surface area contributed by atoms with E-state index in [0.717, 1.165) is 43.1 Å². The van der Waals surface area contributed by atoms with Crippen molar-refractivity contribution in [3.05, 3.63) is 34.3 Å². The summed E-state index contributed by atoms with van der Waals surface area (Å²) in [6, 6.07) is 8.56. The Labute approximate surface area is 129 Å². The predicted molar refractivity (Wildman–Crippen MR) is 85.4 cm³/mol. The van der Waals surface area contributed by atoms with Crippen LogP contribution in [0.1, 0.15) is 31.2 Å². The SMILES string of the molecule is CN(CCc1cccc(Br)c1)C(=O)C1CCC(N)CC1. The summed E-state index contributed by atoms with van der Waals surface area (Å²) in [5, 5.41) is 0. The molecule has 1 amide bonds. The highest BCUT2D eigenvalue weighted by atomic mass is 79.9. The Bertz CT molecular complexity index is 456. The van der Waals surface area contributed by atoms with Gasteiger partial charge in [-0.3, -0.25) is 4.79 Å². The summed E-state index contributed by atoms with van der Waals surface area (Å²) in [6.07, 6.45) is 4.75. The Morgan fingerprint density at radius 3 is 2.70 bits per heavy atom. The highest BCUT2D eigenvalue weighted by Gasteiger charge is 2.26. The van der Waals surface area contributed by atoms with Crippen molar-refractivity contribution in [3.63, 3.8) is 0 Å². The molecule has 3 nitrogen and oxygen atoms in total. The largest absolute Gasteiger partial charge is 0.345 e. The molecular weight excluding hydrogens is 316 g/mol. The molecule has 4 heteroatoms. The van der Waals surface area contributed by atoms with Crippen molar-refractivity contribution in [3.8, 4) is 0 Å². The fourth-order valence-electron chi connectivity index (χ4n) is 2.78. The number of hydrogen-bond acceptors (Lipinski definition) is 2. The van der Waals surface area contributed by atoms with Crippen molar-refractivity contribution < 1.29 is 4.79 Å². The van der Waals surface area contributed by atoms with Gasteiger partial charge in [-0.1, -0.05) is 28.1 Å². The summed E-state index contributed by atoms with van der Waals surface area (Å²) in [4.78, 5) is 14.2. The van der Waals surface area contributed by atoms with Gasteiger partial charge in [0.25, 0.3) is 0 Å². The van der Waals surface area contributed by atoms with Gasteiger partial charge in [-0.05, 0) is 49.8 Å². The van der Waals surface area contributed by atoms with Crippen molar-refractivity contribution >= 4 is 21.8 Å². The lowest BCUT2D eigenvalue weighted by Crippen LogP contribution is -2.38. The molecule has 110 valence electrons. The first-order valence-electron chi connectivity index (χ1n) is 7.31. The number of carbonyl (C=O) groups excluding carboxylic acids is 1. The van der Waals surface area contributed by atoms with Gasteiger partial charge in [0.15, 0.2) is 0 Å². The zero-order chi connectivity index (χ0) is 14.5. The maximum Gasteiger partial charge on any atom is 0.225 e. The number of likely N-dealkylation sites (N-methyl/N-ethyl adjacent to an activating group) is 1. The zero-order valence-electron chi connectivity index (χ0n) is 12.0. The topological polar surface area (TPSA) is 46.3 Å². The first-order chi connectivity index (χ1) is 9.56. The summed E-state index contributed by atoms with van der Waals surface area (Å²) in [6.45, 7) is 0.776. The van der Waals surface area contributed by atoms with Gasteiger partial charge in [-0.2, -0.15) is 0 Å². The number of carbonyl (C=O) groups is 1. The average Bonchev–Trinajstić information content (AvgIpc) is 2.45. The smallest absolute Gasteiger partial charge is 0.225 e. The lowest BCUT2D eigenvalue weighted by atomic mass is 9.85. The van der Waals surface area contributed by atoms with Gasteiger partial charge in [-0.25, -0.2) is 0 Å². The Kier molecular flexibility index (Phi) is 5.61. The maximum atomic E-state index is 12.4. The van der Waals surface area contributed by atoms with Gasteiger partial charge < -0.3 is 10.6 Å². The second-order valence-electron chi connectivity index (χ2n) is 5.75. The molecule has 0 saturated heterocycles. The first kappa shape index (κ1) is 15.5. The van der Waals surface area contributed by atoms with Crippen molar-refractivity contribution in [2.75, 3.05) is 13.6 Å². The number of halogens is 1. The number of nitrogens with two attached hydrogens (primary N) is 1. The van der Waals surface area contributed by atoms with Gasteiger partial charge in [-0.15, -0.1) is 0 Å². The Balaban J connectivity index is 1.82. The van der Waals surface area contributed by atoms with Crippen LogP contribution < -0.4 is 5.73 Å². The lowest BCUT2D eigenvalue weighted by molar-refractivity contribution is -0.135. The highest BCUT2D eigenvalue weighted by molar-refractivity contribution is 9.10. The van der Waals surface area contributed by atoms with Gasteiger partial charge in [0.05, 0.1) is 0 Å². The quantitative estimate of drug-likeness (QED) is 0.917. The molecule has 0 aliphatic heterocycles. The number of hydrogen-bond donors (Lipinski definition) is 1. The van der Waals surface area contributed by atoms with Gasteiger partial charge in [0.1, 0.15) is 0 Å². The number of rotatable bonds is 4. The summed E-state index contributed by atoms with van der Waals surface area (Å²) in [5.41, 5.74) is 7.15. The Hall–Kier alpha value is -0.870. The molecule has 1 saturated carbocycles. The zero-order valence-corrected chi connectivity index (χ0v) is 13.6. The van der Waals surface area contributed by atoms with Crippen LogP contribution in [0.5, 0.6) is 0 Å². The van der Waals surface area contributed by atoms with E-state index >= 15 is 0 Å². The van der Waals surface area contributed by atoms with E-state index in [1.54, 1.807) is 0 Å². The van der Waals surface area contributed by atoms with Crippen LogP contribution in [0.2, 0.25) is 0 Å². The van der Waals surface area contributed by atoms with Crippen LogP contribution in [0, 0.1) is 5.92 Å². The molecule has 1 aromatic rings. The van der Waals surface area contributed by atoms with E-state index in [1.807, 2.05) is 24.1 Å². The van der Waals surface area contributed by atoms with E-state index in [4.69, 9.17) is 5.73 Å². The van der Waals surface area contributed by atoms with Gasteiger partial charge in [0.2, 0.25) is 5.91 Å². The number of benzene rings is 1. The summed E-state index contributed by atoms with van der Waals surface area (Å²) in [7, 11) is 1.91. The molecule has 0 unspecified atom stereocenters. The molecule has 1 aliphatic rings. The van der Waals surface area contributed by atoms with E-state index < -0.39 is 0 Å². The molecule has 2 N–H and O–H groups in total. The monoisotopic (exact) mass is 338 g/mol. The van der Waals surface area contributed by atoms with Gasteiger partial charge in [0, 0.05) is 30.0 Å². The van der Waals surface area contributed by atoms with E-state index in [9.17, 15) is 4.79 Å². The average molecular weight is 339 g/mol. The molecule has 0 spiro atoms. The van der Waals surface area contributed by atoms with Crippen molar-refractivity contribution in [2.24, 2.45) is 11.7 Å². The summed E-state index contributed by atoms with van der Waals surface area (Å²) < 4.78 is 1.09. The summed E-state index contributed by atoms with van der Waals surface area (Å²) in [5.74, 6) is 0.467. The van der Waals surface area contributed by atoms with Crippen LogP contribution in [-0.4, -0.2) is 30.4 Å². The van der Waals surface area contributed by atoms with E-state index in [-0.39, 0.29) is 11.8 Å². The van der Waals surface area contributed by atoms with E-state index in [2.05, 4.69) is 28.1 Å². The molecule has 0 heterocycles. The molecule has 20 heavy (non-hydrogen) atoms. The van der Waals surface area contributed by atoms with Crippen LogP contribution in [0.15, 0.2) is 28.7 Å². The first-order valence-corrected chi connectivity index (χ1v) is 8.10. The fraction of sp³-hybridized carbons (Fsp3) is 0.562. The highest BCUT2D eigenvalue weighted by Crippen LogP contribution is 2.24. The predicted octanol–water partition coefficient (Wildman–Crippen LogP) is 2.97. The molecule has 0 atom stereocenters. The van der Waals surface area contributed by atoms with Crippen molar-refractivity contribution in [2.45, 2.75) is 38.1 Å². The minimum absolute atomic E-state index is 0.183. The molecular formula is C16H23BrN2O. The van der Waals surface area contributed by atoms with Crippen LogP contribution in [0.3, 0.4) is 0 Å². The second kappa shape index (κ2) is 7.23. The molecule has 1 fully saturated rings. The van der Waals surface area contributed by atoms with Crippen LogP contribution >= 0.6 is 15.9 Å². The van der Waals surface area contributed by atoms with Gasteiger partial charge >= 0.3 is 0 Å². The molecule has 2 rings (SSSR count). The number of amides is 1. The third kappa shape index (κ3) is 4.32. The minimum Gasteiger partial charge on any atom is -0.345 e.